The van der Waals surface area contributed by atoms with Gasteiger partial charge in [-0.1, -0.05) is 0 Å². The Labute approximate surface area is 179 Å². The first-order valence-corrected chi connectivity index (χ1v) is 10.2. The summed E-state index contributed by atoms with van der Waals surface area (Å²) in [6.07, 6.45) is -4.44. The first-order valence-electron chi connectivity index (χ1n) is 9.29. The van der Waals surface area contributed by atoms with Crippen LogP contribution in [0.15, 0.2) is 29.6 Å². The highest BCUT2D eigenvalue weighted by atomic mass is 32.1. The number of piperazine rings is 1. The molecule has 8 nitrogen and oxygen atoms in total. The second-order valence-electron chi connectivity index (χ2n) is 6.86. The number of halogens is 3. The van der Waals surface area contributed by atoms with E-state index in [1.54, 1.807) is 16.3 Å². The lowest BCUT2D eigenvalue weighted by Gasteiger charge is -2.35. The van der Waals surface area contributed by atoms with Gasteiger partial charge >= 0.3 is 6.18 Å². The number of anilines is 2. The summed E-state index contributed by atoms with van der Waals surface area (Å²) in [5, 5.41) is 25.2. The number of carbonyl (C=O) groups is 1. The molecule has 1 N–H and O–H groups in total. The molecular weight excluding hydrogens is 435 g/mol. The number of nitrogens with zero attached hydrogens (tertiary/aromatic N) is 4. The van der Waals surface area contributed by atoms with E-state index in [1.807, 2.05) is 11.0 Å². The highest BCUT2D eigenvalue weighted by Crippen LogP contribution is 2.36. The van der Waals surface area contributed by atoms with Crippen LogP contribution in [0.4, 0.5) is 29.5 Å². The van der Waals surface area contributed by atoms with Crippen LogP contribution in [0.2, 0.25) is 0 Å². The van der Waals surface area contributed by atoms with Crippen LogP contribution in [0.25, 0.3) is 0 Å². The van der Waals surface area contributed by atoms with E-state index in [9.17, 15) is 28.1 Å². The van der Waals surface area contributed by atoms with E-state index in [4.69, 9.17) is 5.26 Å². The lowest BCUT2D eigenvalue weighted by atomic mass is 10.1. The number of carbonyl (C=O) groups excluding carboxylic acids is 1. The molecule has 1 aliphatic heterocycles. The average molecular weight is 453 g/mol. The van der Waals surface area contributed by atoms with Gasteiger partial charge in [-0.3, -0.25) is 19.8 Å². The number of nitro benzene ring substituents is 1. The molecule has 12 heteroatoms. The van der Waals surface area contributed by atoms with Crippen LogP contribution in [0, 0.1) is 21.4 Å². The lowest BCUT2D eigenvalue weighted by Crippen LogP contribution is -2.47. The third kappa shape index (κ3) is 5.50. The number of alkyl halides is 3. The van der Waals surface area contributed by atoms with Gasteiger partial charge in [0.2, 0.25) is 5.91 Å². The minimum absolute atomic E-state index is 0.150. The molecule has 3 rings (SSSR count). The number of nitriles is 1. The van der Waals surface area contributed by atoms with Crippen LogP contribution < -0.4 is 10.2 Å². The number of hydrogen-bond acceptors (Lipinski definition) is 7. The molecule has 1 fully saturated rings. The first-order chi connectivity index (χ1) is 14.7. The van der Waals surface area contributed by atoms with Gasteiger partial charge in [-0.25, -0.2) is 0 Å². The number of nitro groups is 1. The SMILES string of the molecule is N#Cc1ccsc1NC(=O)CCN1CCN(c2ccc(C(F)(F)F)cc2[N+](=O)[O-])CC1. The molecule has 1 aromatic carbocycles. The Morgan fingerprint density at radius 1 is 1.26 bits per heavy atom. The first kappa shape index (κ1) is 22.5. The molecule has 2 aromatic rings. The Morgan fingerprint density at radius 2 is 1.97 bits per heavy atom. The summed E-state index contributed by atoms with van der Waals surface area (Å²) in [4.78, 5) is 26.3. The summed E-state index contributed by atoms with van der Waals surface area (Å²) < 4.78 is 38.6. The van der Waals surface area contributed by atoms with Crippen LogP contribution in [-0.4, -0.2) is 48.5 Å². The van der Waals surface area contributed by atoms with Gasteiger partial charge in [-0.2, -0.15) is 18.4 Å². The molecule has 0 saturated carbocycles. The zero-order chi connectivity index (χ0) is 22.6. The Balaban J connectivity index is 1.55. The fourth-order valence-corrected chi connectivity index (χ4v) is 4.02. The smallest absolute Gasteiger partial charge is 0.363 e. The minimum atomic E-state index is -4.65. The lowest BCUT2D eigenvalue weighted by molar-refractivity contribution is -0.384. The largest absolute Gasteiger partial charge is 0.416 e. The molecule has 1 aliphatic rings. The van der Waals surface area contributed by atoms with E-state index in [1.165, 1.54) is 11.3 Å². The number of thiophene rings is 1. The van der Waals surface area contributed by atoms with Crippen molar-refractivity contribution in [3.05, 3.63) is 50.9 Å². The van der Waals surface area contributed by atoms with Crippen molar-refractivity contribution in [3.8, 4) is 6.07 Å². The van der Waals surface area contributed by atoms with Crippen LogP contribution in [0.5, 0.6) is 0 Å². The molecule has 1 saturated heterocycles. The van der Waals surface area contributed by atoms with Crippen molar-refractivity contribution in [3.63, 3.8) is 0 Å². The van der Waals surface area contributed by atoms with Gasteiger partial charge in [-0.15, -0.1) is 11.3 Å². The van der Waals surface area contributed by atoms with E-state index in [0.29, 0.717) is 49.4 Å². The van der Waals surface area contributed by atoms with Crippen molar-refractivity contribution in [1.29, 1.82) is 5.26 Å². The van der Waals surface area contributed by atoms with Gasteiger partial charge in [0.15, 0.2) is 0 Å². The third-order valence-corrected chi connectivity index (χ3v) is 5.74. The number of hydrogen-bond donors (Lipinski definition) is 1. The zero-order valence-electron chi connectivity index (χ0n) is 16.2. The molecule has 0 atom stereocenters. The van der Waals surface area contributed by atoms with Crippen molar-refractivity contribution in [2.75, 3.05) is 42.9 Å². The van der Waals surface area contributed by atoms with Gasteiger partial charge in [0.05, 0.1) is 16.1 Å². The predicted octanol–water partition coefficient (Wildman–Crippen LogP) is 3.70. The van der Waals surface area contributed by atoms with E-state index in [-0.39, 0.29) is 18.0 Å². The van der Waals surface area contributed by atoms with E-state index in [2.05, 4.69) is 5.32 Å². The van der Waals surface area contributed by atoms with Gasteiger partial charge in [-0.05, 0) is 23.6 Å². The maximum atomic E-state index is 12.9. The summed E-state index contributed by atoms with van der Waals surface area (Å²) in [6.45, 7) is 2.25. The van der Waals surface area contributed by atoms with Crippen LogP contribution in [-0.2, 0) is 11.0 Å². The Hall–Kier alpha value is -3.17. The van der Waals surface area contributed by atoms with Crippen molar-refractivity contribution < 1.29 is 22.9 Å². The van der Waals surface area contributed by atoms with Gasteiger partial charge in [0, 0.05) is 45.2 Å². The highest BCUT2D eigenvalue weighted by molar-refractivity contribution is 7.14. The van der Waals surface area contributed by atoms with Gasteiger partial charge in [0.25, 0.3) is 5.69 Å². The number of rotatable bonds is 6. The average Bonchev–Trinajstić information content (AvgIpc) is 3.18. The normalized spacial score (nSPS) is 14.8. The summed E-state index contributed by atoms with van der Waals surface area (Å²) in [5.74, 6) is -0.222. The topological polar surface area (TPSA) is 103 Å². The molecule has 2 heterocycles. The molecule has 0 radical (unpaired) electrons. The second-order valence-corrected chi connectivity index (χ2v) is 7.78. The summed E-state index contributed by atoms with van der Waals surface area (Å²) in [6, 6.07) is 6.17. The molecule has 0 spiro atoms. The number of nitrogens with one attached hydrogen (secondary N) is 1. The van der Waals surface area contributed by atoms with Crippen LogP contribution in [0.1, 0.15) is 17.5 Å². The highest BCUT2D eigenvalue weighted by Gasteiger charge is 2.34. The summed E-state index contributed by atoms with van der Waals surface area (Å²) in [7, 11) is 0. The number of amides is 1. The molecule has 1 aromatic heterocycles. The van der Waals surface area contributed by atoms with Gasteiger partial charge < -0.3 is 10.2 Å². The number of benzene rings is 1. The van der Waals surface area contributed by atoms with E-state index in [0.717, 1.165) is 12.1 Å². The van der Waals surface area contributed by atoms with Crippen molar-refractivity contribution in [2.45, 2.75) is 12.6 Å². The maximum Gasteiger partial charge on any atom is 0.416 e. The molecule has 31 heavy (non-hydrogen) atoms. The summed E-state index contributed by atoms with van der Waals surface area (Å²) >= 11 is 1.27. The summed E-state index contributed by atoms with van der Waals surface area (Å²) in [5.41, 5.74) is -1.08. The molecule has 0 unspecified atom stereocenters. The molecule has 164 valence electrons. The molecule has 0 aliphatic carbocycles. The molecule has 0 bridgehead atoms. The van der Waals surface area contributed by atoms with Crippen molar-refractivity contribution in [1.82, 2.24) is 4.90 Å². The monoisotopic (exact) mass is 453 g/mol. The van der Waals surface area contributed by atoms with E-state index < -0.39 is 22.4 Å². The fourth-order valence-electron chi connectivity index (χ4n) is 3.27. The fraction of sp³-hybridized carbons (Fsp3) is 0.368. The Kier molecular flexibility index (Phi) is 6.77. The van der Waals surface area contributed by atoms with Crippen LogP contribution >= 0.6 is 11.3 Å². The maximum absolute atomic E-state index is 12.9. The standard InChI is InChI=1S/C19H18F3N5O3S/c20-19(21,22)14-1-2-15(16(11-14)27(29)30)26-8-6-25(7-9-26)5-3-17(28)24-18-13(12-23)4-10-31-18/h1-2,4,10-11H,3,5-9H2,(H,24,28). The molecule has 1 amide bonds. The zero-order valence-corrected chi connectivity index (χ0v) is 17.0. The van der Waals surface area contributed by atoms with E-state index >= 15 is 0 Å². The van der Waals surface area contributed by atoms with Crippen molar-refractivity contribution in [2.24, 2.45) is 0 Å². The Morgan fingerprint density at radius 3 is 2.58 bits per heavy atom. The van der Waals surface area contributed by atoms with Gasteiger partial charge in [0.1, 0.15) is 16.8 Å². The second kappa shape index (κ2) is 9.32. The van der Waals surface area contributed by atoms with Crippen LogP contribution in [0.3, 0.4) is 0 Å². The van der Waals surface area contributed by atoms with Crippen molar-refractivity contribution >= 4 is 33.6 Å². The minimum Gasteiger partial charge on any atom is -0.363 e. The third-order valence-electron chi connectivity index (χ3n) is 4.91. The Bertz CT molecular complexity index is 1010. The predicted molar refractivity (Wildman–Crippen MR) is 109 cm³/mol. The quantitative estimate of drug-likeness (QED) is 0.529. The molecular formula is C19H18F3N5O3S.